The molecule has 0 saturated heterocycles. The van der Waals surface area contributed by atoms with E-state index in [9.17, 15) is 0 Å². The zero-order valence-corrected chi connectivity index (χ0v) is 12.2. The summed E-state index contributed by atoms with van der Waals surface area (Å²) >= 11 is 0. The first-order valence-electron chi connectivity index (χ1n) is 6.98. The summed E-state index contributed by atoms with van der Waals surface area (Å²) < 4.78 is 0. The van der Waals surface area contributed by atoms with Gasteiger partial charge in [-0.25, -0.2) is 0 Å². The molecule has 1 aromatic rings. The van der Waals surface area contributed by atoms with Gasteiger partial charge in [-0.05, 0) is 63.9 Å². The van der Waals surface area contributed by atoms with Crippen LogP contribution in [0.15, 0.2) is 18.2 Å². The second-order valence-corrected chi connectivity index (χ2v) is 5.93. The molecule has 1 fully saturated rings. The zero-order chi connectivity index (χ0) is 13.2. The lowest BCUT2D eigenvalue weighted by Crippen LogP contribution is -2.56. The summed E-state index contributed by atoms with van der Waals surface area (Å²) in [5.74, 6) is 0. The van der Waals surface area contributed by atoms with Gasteiger partial charge in [-0.2, -0.15) is 0 Å². The molecule has 18 heavy (non-hydrogen) atoms. The highest BCUT2D eigenvalue weighted by atomic mass is 15.2. The van der Waals surface area contributed by atoms with Crippen molar-refractivity contribution < 1.29 is 0 Å². The van der Waals surface area contributed by atoms with Crippen LogP contribution in [0.4, 0.5) is 0 Å². The molecule has 2 rings (SSSR count). The monoisotopic (exact) mass is 246 g/mol. The molecule has 2 nitrogen and oxygen atoms in total. The quantitative estimate of drug-likeness (QED) is 0.859. The summed E-state index contributed by atoms with van der Waals surface area (Å²) in [4.78, 5) is 2.40. The maximum absolute atomic E-state index is 3.65. The van der Waals surface area contributed by atoms with Crippen molar-refractivity contribution >= 4 is 0 Å². The lowest BCUT2D eigenvalue weighted by atomic mass is 9.75. The molecule has 1 aliphatic carbocycles. The molecular formula is C16H26N2. The van der Waals surface area contributed by atoms with E-state index >= 15 is 0 Å². The van der Waals surface area contributed by atoms with Crippen LogP contribution in [0.25, 0.3) is 0 Å². The Morgan fingerprint density at radius 3 is 2.50 bits per heavy atom. The van der Waals surface area contributed by atoms with Gasteiger partial charge in [0.2, 0.25) is 0 Å². The number of nitrogens with one attached hydrogen (secondary N) is 1. The molecule has 0 spiro atoms. The van der Waals surface area contributed by atoms with Crippen molar-refractivity contribution in [1.82, 2.24) is 10.2 Å². The third-order valence-electron chi connectivity index (χ3n) is 4.72. The molecule has 2 heteroatoms. The minimum Gasteiger partial charge on any atom is -0.311 e. The summed E-state index contributed by atoms with van der Waals surface area (Å²) in [7, 11) is 4.41. The SMILES string of the molecule is Cc1cccc(CNCC2(N(C)C)CCC2)c1C. The average molecular weight is 246 g/mol. The van der Waals surface area contributed by atoms with E-state index in [1.165, 1.54) is 36.0 Å². The maximum atomic E-state index is 3.65. The Morgan fingerprint density at radius 1 is 1.22 bits per heavy atom. The van der Waals surface area contributed by atoms with Gasteiger partial charge < -0.3 is 10.2 Å². The standard InChI is InChI=1S/C16H26N2/c1-13-7-5-8-15(14(13)2)11-17-12-16(18(3)4)9-6-10-16/h5,7-8,17H,6,9-12H2,1-4H3. The Morgan fingerprint density at radius 2 is 1.94 bits per heavy atom. The summed E-state index contributed by atoms with van der Waals surface area (Å²) in [6.07, 6.45) is 4.04. The molecule has 1 aliphatic rings. The lowest BCUT2D eigenvalue weighted by Gasteiger charge is -2.47. The van der Waals surface area contributed by atoms with Gasteiger partial charge in [0.05, 0.1) is 0 Å². The number of hydrogen-bond donors (Lipinski definition) is 1. The predicted molar refractivity (Wildman–Crippen MR) is 77.9 cm³/mol. The van der Waals surface area contributed by atoms with Crippen LogP contribution in [0.5, 0.6) is 0 Å². The minimum atomic E-state index is 0.414. The van der Waals surface area contributed by atoms with Crippen LogP contribution < -0.4 is 5.32 Å². The smallest absolute Gasteiger partial charge is 0.0328 e. The molecule has 100 valence electrons. The molecular weight excluding hydrogens is 220 g/mol. The second-order valence-electron chi connectivity index (χ2n) is 5.93. The minimum absolute atomic E-state index is 0.414. The van der Waals surface area contributed by atoms with Crippen LogP contribution in [-0.4, -0.2) is 31.1 Å². The maximum Gasteiger partial charge on any atom is 0.0328 e. The van der Waals surface area contributed by atoms with Crippen molar-refractivity contribution in [2.24, 2.45) is 0 Å². The fraction of sp³-hybridized carbons (Fsp3) is 0.625. The number of aryl methyl sites for hydroxylation is 1. The predicted octanol–water partition coefficient (Wildman–Crippen LogP) is 2.88. The van der Waals surface area contributed by atoms with Gasteiger partial charge in [0.15, 0.2) is 0 Å². The Balaban J connectivity index is 1.90. The summed E-state index contributed by atoms with van der Waals surface area (Å²) in [5, 5.41) is 3.65. The van der Waals surface area contributed by atoms with Gasteiger partial charge in [-0.3, -0.25) is 0 Å². The van der Waals surface area contributed by atoms with Crippen LogP contribution in [0.1, 0.15) is 36.0 Å². The molecule has 0 aromatic heterocycles. The molecule has 0 atom stereocenters. The molecule has 0 unspecified atom stereocenters. The molecule has 0 aliphatic heterocycles. The average Bonchev–Trinajstić information content (AvgIpc) is 2.27. The van der Waals surface area contributed by atoms with E-state index in [0.717, 1.165) is 13.1 Å². The third kappa shape index (κ3) is 2.60. The fourth-order valence-corrected chi connectivity index (χ4v) is 2.80. The number of likely N-dealkylation sites (N-methyl/N-ethyl adjacent to an activating group) is 1. The second kappa shape index (κ2) is 5.41. The topological polar surface area (TPSA) is 15.3 Å². The molecule has 0 amide bonds. The highest BCUT2D eigenvalue weighted by molar-refractivity contribution is 5.32. The van der Waals surface area contributed by atoms with E-state index < -0.39 is 0 Å². The van der Waals surface area contributed by atoms with E-state index in [1.807, 2.05) is 0 Å². The fourth-order valence-electron chi connectivity index (χ4n) is 2.80. The molecule has 0 radical (unpaired) electrons. The van der Waals surface area contributed by atoms with E-state index in [1.54, 1.807) is 0 Å². The first kappa shape index (κ1) is 13.6. The Kier molecular flexibility index (Phi) is 4.08. The largest absolute Gasteiger partial charge is 0.311 e. The van der Waals surface area contributed by atoms with Crippen molar-refractivity contribution in [3.63, 3.8) is 0 Å². The van der Waals surface area contributed by atoms with Crippen molar-refractivity contribution in [3.05, 3.63) is 34.9 Å². The Bertz CT molecular complexity index is 406. The summed E-state index contributed by atoms with van der Waals surface area (Å²) in [6, 6.07) is 6.58. The summed E-state index contributed by atoms with van der Waals surface area (Å²) in [6.45, 7) is 6.50. The van der Waals surface area contributed by atoms with E-state index in [-0.39, 0.29) is 0 Å². The Labute approximate surface area is 111 Å². The van der Waals surface area contributed by atoms with Crippen molar-refractivity contribution in [2.45, 2.75) is 45.2 Å². The van der Waals surface area contributed by atoms with Gasteiger partial charge in [0.25, 0.3) is 0 Å². The van der Waals surface area contributed by atoms with Crippen LogP contribution in [0.3, 0.4) is 0 Å². The highest BCUT2D eigenvalue weighted by Gasteiger charge is 2.38. The van der Waals surface area contributed by atoms with Crippen LogP contribution >= 0.6 is 0 Å². The molecule has 0 heterocycles. The zero-order valence-electron chi connectivity index (χ0n) is 12.2. The molecule has 1 aromatic carbocycles. The third-order valence-corrected chi connectivity index (χ3v) is 4.72. The molecule has 0 bridgehead atoms. The van der Waals surface area contributed by atoms with Crippen LogP contribution in [0, 0.1) is 13.8 Å². The van der Waals surface area contributed by atoms with Crippen molar-refractivity contribution in [3.8, 4) is 0 Å². The normalized spacial score (nSPS) is 17.8. The van der Waals surface area contributed by atoms with Crippen LogP contribution in [0.2, 0.25) is 0 Å². The van der Waals surface area contributed by atoms with Crippen LogP contribution in [-0.2, 0) is 6.54 Å². The van der Waals surface area contributed by atoms with E-state index in [0.29, 0.717) is 5.54 Å². The number of nitrogens with zero attached hydrogens (tertiary/aromatic N) is 1. The number of rotatable bonds is 5. The van der Waals surface area contributed by atoms with Gasteiger partial charge in [0.1, 0.15) is 0 Å². The van der Waals surface area contributed by atoms with Gasteiger partial charge in [0, 0.05) is 18.6 Å². The Hall–Kier alpha value is -0.860. The van der Waals surface area contributed by atoms with E-state index in [2.05, 4.69) is 56.4 Å². The lowest BCUT2D eigenvalue weighted by molar-refractivity contribution is 0.0598. The van der Waals surface area contributed by atoms with Crippen molar-refractivity contribution in [1.29, 1.82) is 0 Å². The molecule has 1 saturated carbocycles. The van der Waals surface area contributed by atoms with Gasteiger partial charge in [-0.15, -0.1) is 0 Å². The number of hydrogen-bond acceptors (Lipinski definition) is 2. The van der Waals surface area contributed by atoms with Gasteiger partial charge >= 0.3 is 0 Å². The van der Waals surface area contributed by atoms with Crippen molar-refractivity contribution in [2.75, 3.05) is 20.6 Å². The summed E-state index contributed by atoms with van der Waals surface area (Å²) in [5.41, 5.74) is 4.67. The van der Waals surface area contributed by atoms with E-state index in [4.69, 9.17) is 0 Å². The molecule has 1 N–H and O–H groups in total. The van der Waals surface area contributed by atoms with Gasteiger partial charge in [-0.1, -0.05) is 18.2 Å². The first-order valence-corrected chi connectivity index (χ1v) is 6.98. The highest BCUT2D eigenvalue weighted by Crippen LogP contribution is 2.35. The number of benzene rings is 1. The first-order chi connectivity index (χ1) is 8.55.